The van der Waals surface area contributed by atoms with Gasteiger partial charge in [0.05, 0.1) is 42.6 Å². The van der Waals surface area contributed by atoms with Gasteiger partial charge in [-0.2, -0.15) is 13.2 Å². The molecule has 0 radical (unpaired) electrons. The maximum atomic E-state index is 13.8. The molecule has 1 aliphatic heterocycles. The van der Waals surface area contributed by atoms with Gasteiger partial charge in [-0.1, -0.05) is 48.0 Å². The second-order valence-corrected chi connectivity index (χ2v) is 11.3. The average Bonchev–Trinajstić information content (AvgIpc) is 3.32. The SMILES string of the molecule is C/C=C1/CN(CC(Sc2ccccc2)C(=O)C(F)(F)F)[C@H]2C[C@@H]1[C@H](C(=O)OC)c1c2n(C(=O)OC)c2ccccc12. The Bertz CT molecular complexity index is 1520. The lowest BCUT2D eigenvalue weighted by molar-refractivity contribution is -0.170. The zero-order valence-electron chi connectivity index (χ0n) is 22.7. The topological polar surface area (TPSA) is 77.8 Å². The summed E-state index contributed by atoms with van der Waals surface area (Å²) in [5, 5.41) is -0.790. The second kappa shape index (κ2) is 11.4. The number of hydrogen-bond donors (Lipinski definition) is 0. The molecule has 4 atom stereocenters. The average molecular weight is 587 g/mol. The minimum absolute atomic E-state index is 0.221. The minimum atomic E-state index is -5.02. The van der Waals surface area contributed by atoms with Gasteiger partial charge in [-0.15, -0.1) is 11.8 Å². The number of piperidine rings is 1. The third-order valence-corrected chi connectivity index (χ3v) is 9.13. The van der Waals surface area contributed by atoms with Gasteiger partial charge in [0.15, 0.2) is 0 Å². The highest BCUT2D eigenvalue weighted by atomic mass is 32.2. The summed E-state index contributed by atoms with van der Waals surface area (Å²) in [6.45, 7) is 1.82. The van der Waals surface area contributed by atoms with Crippen LogP contribution >= 0.6 is 11.8 Å². The molecule has 1 fully saturated rings. The van der Waals surface area contributed by atoms with Crippen molar-refractivity contribution in [2.75, 3.05) is 27.3 Å². The number of ketones is 1. The molecule has 0 N–H and O–H groups in total. The van der Waals surface area contributed by atoms with Gasteiger partial charge < -0.3 is 9.47 Å². The van der Waals surface area contributed by atoms with E-state index in [1.54, 1.807) is 48.5 Å². The standard InChI is InChI=1S/C30H29F3N2O5S/c1-4-17-15-34(16-23(27(36)30(31,32)33)41-18-10-6-5-7-11-18)22-14-20(17)25(28(37)39-2)24-19-12-8-9-13-21(19)35(26(22)24)29(38)40-3/h4-13,20,22-23,25H,14-16H2,1-3H3/b17-4-/t20-,22-,23?,25-/m0/s1. The minimum Gasteiger partial charge on any atom is -0.469 e. The monoisotopic (exact) mass is 586 g/mol. The molecule has 1 aromatic heterocycles. The fourth-order valence-corrected chi connectivity index (χ4v) is 7.36. The largest absolute Gasteiger partial charge is 0.469 e. The van der Waals surface area contributed by atoms with Crippen LogP contribution in [-0.4, -0.2) is 66.0 Å². The molecule has 2 aromatic carbocycles. The van der Waals surface area contributed by atoms with Crippen molar-refractivity contribution in [3.63, 3.8) is 0 Å². The van der Waals surface area contributed by atoms with E-state index in [-0.39, 0.29) is 19.0 Å². The van der Waals surface area contributed by atoms with Crippen LogP contribution in [0.2, 0.25) is 0 Å². The number of hydrogen-bond acceptors (Lipinski definition) is 7. The third kappa shape index (κ3) is 5.17. The van der Waals surface area contributed by atoms with Crippen LogP contribution in [0.25, 0.3) is 10.9 Å². The molecular formula is C30H29F3N2O5S. The number of allylic oxidation sites excluding steroid dienone is 1. The van der Waals surface area contributed by atoms with Crippen LogP contribution in [0.1, 0.15) is 36.6 Å². The van der Waals surface area contributed by atoms with Crippen LogP contribution in [0.3, 0.4) is 0 Å². The van der Waals surface area contributed by atoms with Crippen molar-refractivity contribution >= 4 is 40.5 Å². The number of thioether (sulfide) groups is 1. The lowest BCUT2D eigenvalue weighted by Crippen LogP contribution is -2.50. The lowest BCUT2D eigenvalue weighted by atomic mass is 9.68. The Hall–Kier alpha value is -3.57. The molecule has 1 unspecified atom stereocenters. The van der Waals surface area contributed by atoms with Gasteiger partial charge in [0.1, 0.15) is 0 Å². The van der Waals surface area contributed by atoms with Crippen LogP contribution in [0.4, 0.5) is 18.0 Å². The molecule has 5 rings (SSSR count). The molecule has 0 spiro atoms. The fraction of sp³-hybridized carbons (Fsp3) is 0.367. The zero-order chi connectivity index (χ0) is 29.5. The Labute approximate surface area is 239 Å². The first-order valence-corrected chi connectivity index (χ1v) is 14.0. The van der Waals surface area contributed by atoms with Crippen molar-refractivity contribution in [1.82, 2.24) is 9.47 Å². The number of fused-ring (bicyclic) bond motifs is 6. The molecule has 0 saturated carbocycles. The highest BCUT2D eigenvalue weighted by Gasteiger charge is 2.51. The number of likely N-dealkylation sites (tertiary alicyclic amines) is 1. The van der Waals surface area contributed by atoms with E-state index in [9.17, 15) is 27.6 Å². The van der Waals surface area contributed by atoms with Crippen LogP contribution in [0.5, 0.6) is 0 Å². The van der Waals surface area contributed by atoms with E-state index in [1.807, 2.05) is 24.0 Å². The molecule has 1 saturated heterocycles. The number of methoxy groups -OCH3 is 2. The number of alkyl halides is 3. The molecule has 11 heteroatoms. The van der Waals surface area contributed by atoms with E-state index in [4.69, 9.17) is 9.47 Å². The van der Waals surface area contributed by atoms with E-state index in [0.717, 1.165) is 17.3 Å². The summed E-state index contributed by atoms with van der Waals surface area (Å²) in [5.74, 6) is -3.30. The van der Waals surface area contributed by atoms with E-state index in [0.29, 0.717) is 33.5 Å². The van der Waals surface area contributed by atoms with E-state index >= 15 is 0 Å². The van der Waals surface area contributed by atoms with Crippen molar-refractivity contribution in [2.24, 2.45) is 5.92 Å². The Balaban J connectivity index is 1.68. The summed E-state index contributed by atoms with van der Waals surface area (Å²) >= 11 is 0.865. The highest BCUT2D eigenvalue weighted by Crippen LogP contribution is 2.54. The zero-order valence-corrected chi connectivity index (χ0v) is 23.5. The summed E-state index contributed by atoms with van der Waals surface area (Å²) in [6, 6.07) is 15.0. The molecule has 2 aliphatic rings. The van der Waals surface area contributed by atoms with Crippen molar-refractivity contribution in [2.45, 2.75) is 41.6 Å². The van der Waals surface area contributed by atoms with E-state index in [2.05, 4.69) is 0 Å². The number of carbonyl (C=O) groups is 3. The number of carbonyl (C=O) groups excluding carboxylic acids is 3. The molecular weight excluding hydrogens is 557 g/mol. The number of rotatable bonds is 6. The number of nitrogens with zero attached hydrogens (tertiary/aromatic N) is 2. The summed E-state index contributed by atoms with van der Waals surface area (Å²) in [4.78, 5) is 41.6. The molecule has 1 aliphatic carbocycles. The fourth-order valence-electron chi connectivity index (χ4n) is 6.21. The molecule has 2 bridgehead atoms. The molecule has 7 nitrogen and oxygen atoms in total. The Morgan fingerprint density at radius 3 is 2.37 bits per heavy atom. The van der Waals surface area contributed by atoms with Crippen molar-refractivity contribution in [3.05, 3.63) is 77.5 Å². The first-order valence-electron chi connectivity index (χ1n) is 13.1. The van der Waals surface area contributed by atoms with Gasteiger partial charge in [-0.3, -0.25) is 14.5 Å². The van der Waals surface area contributed by atoms with Gasteiger partial charge >= 0.3 is 18.2 Å². The number of ether oxygens (including phenoxy) is 2. The van der Waals surface area contributed by atoms with Crippen LogP contribution in [0, 0.1) is 5.92 Å². The quantitative estimate of drug-likeness (QED) is 0.195. The second-order valence-electron chi connectivity index (χ2n) is 10.1. The smallest absolute Gasteiger partial charge is 0.451 e. The molecule has 3 aromatic rings. The van der Waals surface area contributed by atoms with Gasteiger partial charge in [-0.05, 0) is 37.1 Å². The molecule has 0 amide bonds. The third-order valence-electron chi connectivity index (χ3n) is 7.94. The Morgan fingerprint density at radius 1 is 1.05 bits per heavy atom. The van der Waals surface area contributed by atoms with Crippen LogP contribution in [0.15, 0.2) is 71.1 Å². The Kier molecular flexibility index (Phi) is 8.02. The molecule has 41 heavy (non-hydrogen) atoms. The number of halogens is 3. The van der Waals surface area contributed by atoms with Crippen molar-refractivity contribution < 1.29 is 37.0 Å². The maximum Gasteiger partial charge on any atom is 0.451 e. The number of esters is 1. The van der Waals surface area contributed by atoms with Crippen molar-refractivity contribution in [1.29, 1.82) is 0 Å². The summed E-state index contributed by atoms with van der Waals surface area (Å²) in [5.41, 5.74) is 2.45. The highest BCUT2D eigenvalue weighted by molar-refractivity contribution is 8.00. The maximum absolute atomic E-state index is 13.8. The van der Waals surface area contributed by atoms with Gasteiger partial charge in [0, 0.05) is 29.3 Å². The number of aromatic nitrogens is 1. The molecule has 2 heterocycles. The predicted molar refractivity (Wildman–Crippen MR) is 148 cm³/mol. The van der Waals surface area contributed by atoms with Crippen molar-refractivity contribution in [3.8, 4) is 0 Å². The summed E-state index contributed by atoms with van der Waals surface area (Å²) in [6.07, 6.45) is -3.48. The lowest BCUT2D eigenvalue weighted by Gasteiger charge is -2.48. The van der Waals surface area contributed by atoms with Gasteiger partial charge in [-0.25, -0.2) is 9.36 Å². The molecule has 216 valence electrons. The van der Waals surface area contributed by atoms with Crippen LogP contribution < -0.4 is 0 Å². The van der Waals surface area contributed by atoms with E-state index < -0.39 is 41.2 Å². The Morgan fingerprint density at radius 2 is 1.73 bits per heavy atom. The van der Waals surface area contributed by atoms with E-state index in [1.165, 1.54) is 18.8 Å². The van der Waals surface area contributed by atoms with Gasteiger partial charge in [0.25, 0.3) is 5.78 Å². The number of Topliss-reactive ketones (excluding diaryl/α,β-unsaturated/α-hetero) is 1. The number of para-hydroxylation sites is 1. The summed E-state index contributed by atoms with van der Waals surface area (Å²) in [7, 11) is 2.56. The first kappa shape index (κ1) is 28.9. The van der Waals surface area contributed by atoms with Gasteiger partial charge in [0.2, 0.25) is 0 Å². The number of benzene rings is 2. The first-order chi connectivity index (χ1) is 19.6. The van der Waals surface area contributed by atoms with Crippen LogP contribution in [-0.2, 0) is 19.1 Å². The normalized spacial score (nSPS) is 22.3. The predicted octanol–water partition coefficient (Wildman–Crippen LogP) is 6.13. The summed E-state index contributed by atoms with van der Waals surface area (Å²) < 4.78 is 53.2.